The highest BCUT2D eigenvalue weighted by Gasteiger charge is 2.21. The van der Waals surface area contributed by atoms with Crippen molar-refractivity contribution in [1.82, 2.24) is 10.2 Å². The first kappa shape index (κ1) is 20.4. The van der Waals surface area contributed by atoms with Gasteiger partial charge in [0, 0.05) is 37.4 Å². The molecule has 1 unspecified atom stereocenters. The Morgan fingerprint density at radius 2 is 1.77 bits per heavy atom. The molecule has 5 heteroatoms. The van der Waals surface area contributed by atoms with E-state index in [1.54, 1.807) is 6.07 Å². The van der Waals surface area contributed by atoms with Crippen LogP contribution < -0.4 is 10.2 Å². The molecule has 1 N–H and O–H groups in total. The van der Waals surface area contributed by atoms with Crippen LogP contribution in [0.2, 0.25) is 0 Å². The molecule has 1 aliphatic rings. The van der Waals surface area contributed by atoms with E-state index in [0.29, 0.717) is 6.42 Å². The van der Waals surface area contributed by atoms with E-state index in [2.05, 4.69) is 34.3 Å². The van der Waals surface area contributed by atoms with Crippen molar-refractivity contribution in [2.45, 2.75) is 19.4 Å². The summed E-state index contributed by atoms with van der Waals surface area (Å²) in [5.41, 5.74) is 2.82. The number of amides is 1. The predicted molar refractivity (Wildman–Crippen MR) is 120 cm³/mol. The molecule has 4 nitrogen and oxygen atoms in total. The number of carbonyl (C=O) groups is 1. The van der Waals surface area contributed by atoms with Gasteiger partial charge in [0.2, 0.25) is 5.91 Å². The summed E-state index contributed by atoms with van der Waals surface area (Å²) in [7, 11) is 2.11. The van der Waals surface area contributed by atoms with Crippen LogP contribution in [-0.4, -0.2) is 44.0 Å². The topological polar surface area (TPSA) is 35.6 Å². The van der Waals surface area contributed by atoms with Crippen molar-refractivity contribution in [3.63, 3.8) is 0 Å². The minimum Gasteiger partial charge on any atom is -0.369 e. The number of halogens is 1. The van der Waals surface area contributed by atoms with Crippen LogP contribution in [0.15, 0.2) is 60.7 Å². The molecule has 0 bridgehead atoms. The van der Waals surface area contributed by atoms with Gasteiger partial charge in [0.25, 0.3) is 0 Å². The summed E-state index contributed by atoms with van der Waals surface area (Å²) in [6.07, 6.45) is 0.296. The first-order valence-electron chi connectivity index (χ1n) is 10.5. The lowest BCUT2D eigenvalue weighted by Gasteiger charge is -2.36. The van der Waals surface area contributed by atoms with Gasteiger partial charge in [-0.3, -0.25) is 4.79 Å². The molecular formula is C25H28FN3O. The molecule has 1 aliphatic heterocycles. The van der Waals surface area contributed by atoms with E-state index in [0.717, 1.165) is 53.8 Å². The molecule has 0 aliphatic carbocycles. The summed E-state index contributed by atoms with van der Waals surface area (Å²) in [5, 5.41) is 5.30. The number of piperazine rings is 1. The smallest absolute Gasteiger partial charge is 0.224 e. The van der Waals surface area contributed by atoms with Crippen LogP contribution in [0.1, 0.15) is 24.1 Å². The molecule has 0 aromatic heterocycles. The number of nitrogens with one attached hydrogen (secondary N) is 1. The summed E-state index contributed by atoms with van der Waals surface area (Å²) in [6.45, 7) is 5.66. The first-order chi connectivity index (χ1) is 14.5. The van der Waals surface area contributed by atoms with Gasteiger partial charge in [0.05, 0.1) is 12.5 Å². The van der Waals surface area contributed by atoms with Gasteiger partial charge in [-0.25, -0.2) is 4.39 Å². The second-order valence-electron chi connectivity index (χ2n) is 8.10. The summed E-state index contributed by atoms with van der Waals surface area (Å²) in [6, 6.07) is 18.7. The summed E-state index contributed by atoms with van der Waals surface area (Å²) in [5.74, 6) is -0.342. The van der Waals surface area contributed by atoms with E-state index < -0.39 is 0 Å². The third-order valence-corrected chi connectivity index (χ3v) is 5.91. The number of benzene rings is 3. The quantitative estimate of drug-likeness (QED) is 0.693. The number of carbonyl (C=O) groups excluding carboxylic acids is 1. The van der Waals surface area contributed by atoms with E-state index in [4.69, 9.17) is 0 Å². The Balaban J connectivity index is 1.51. The highest BCUT2D eigenvalue weighted by atomic mass is 19.1. The maximum atomic E-state index is 14.1. The zero-order valence-electron chi connectivity index (χ0n) is 17.6. The third kappa shape index (κ3) is 4.46. The van der Waals surface area contributed by atoms with Gasteiger partial charge < -0.3 is 15.1 Å². The normalized spacial score (nSPS) is 15.9. The second-order valence-corrected chi connectivity index (χ2v) is 8.10. The van der Waals surface area contributed by atoms with E-state index in [1.165, 1.54) is 6.07 Å². The average Bonchev–Trinajstić information content (AvgIpc) is 2.74. The minimum atomic E-state index is -0.280. The molecule has 0 radical (unpaired) electrons. The van der Waals surface area contributed by atoms with Crippen LogP contribution >= 0.6 is 0 Å². The van der Waals surface area contributed by atoms with E-state index >= 15 is 0 Å². The number of nitrogens with zero attached hydrogens (tertiary/aromatic N) is 2. The molecular weight excluding hydrogens is 377 g/mol. The molecule has 0 saturated carbocycles. The van der Waals surface area contributed by atoms with Crippen molar-refractivity contribution < 1.29 is 9.18 Å². The van der Waals surface area contributed by atoms with Crippen molar-refractivity contribution in [3.05, 3.63) is 77.6 Å². The van der Waals surface area contributed by atoms with Gasteiger partial charge in [-0.1, -0.05) is 42.5 Å². The van der Waals surface area contributed by atoms with Gasteiger partial charge in [0.1, 0.15) is 5.82 Å². The predicted octanol–water partition coefficient (Wildman–Crippen LogP) is 4.15. The van der Waals surface area contributed by atoms with Gasteiger partial charge in [-0.05, 0) is 48.5 Å². The largest absolute Gasteiger partial charge is 0.369 e. The summed E-state index contributed by atoms with van der Waals surface area (Å²) < 4.78 is 14.1. The zero-order valence-corrected chi connectivity index (χ0v) is 17.6. The Hall–Kier alpha value is -2.92. The van der Waals surface area contributed by atoms with Crippen molar-refractivity contribution in [2.75, 3.05) is 38.1 Å². The molecule has 0 spiro atoms. The molecule has 3 aromatic rings. The zero-order chi connectivity index (χ0) is 21.1. The van der Waals surface area contributed by atoms with Crippen LogP contribution in [0.5, 0.6) is 0 Å². The molecule has 1 heterocycles. The van der Waals surface area contributed by atoms with Gasteiger partial charge in [-0.2, -0.15) is 0 Å². The molecule has 4 rings (SSSR count). The molecule has 30 heavy (non-hydrogen) atoms. The molecule has 1 saturated heterocycles. The highest BCUT2D eigenvalue weighted by molar-refractivity contribution is 5.90. The average molecular weight is 406 g/mol. The lowest BCUT2D eigenvalue weighted by atomic mass is 10.0. The Labute approximate surface area is 177 Å². The number of hydrogen-bond acceptors (Lipinski definition) is 3. The second kappa shape index (κ2) is 8.84. The van der Waals surface area contributed by atoms with Crippen molar-refractivity contribution in [3.8, 4) is 0 Å². The third-order valence-electron chi connectivity index (χ3n) is 5.91. The van der Waals surface area contributed by atoms with Crippen LogP contribution in [-0.2, 0) is 11.2 Å². The molecule has 1 fully saturated rings. The van der Waals surface area contributed by atoms with Crippen molar-refractivity contribution in [1.29, 1.82) is 0 Å². The van der Waals surface area contributed by atoms with E-state index in [1.807, 2.05) is 43.3 Å². The summed E-state index contributed by atoms with van der Waals surface area (Å²) in [4.78, 5) is 17.4. The fourth-order valence-corrected chi connectivity index (χ4v) is 4.20. The van der Waals surface area contributed by atoms with E-state index in [-0.39, 0.29) is 17.8 Å². The molecule has 3 aromatic carbocycles. The maximum Gasteiger partial charge on any atom is 0.224 e. The molecule has 1 atom stereocenters. The number of rotatable bonds is 5. The maximum absolute atomic E-state index is 14.1. The molecule has 156 valence electrons. The number of hydrogen-bond donors (Lipinski definition) is 1. The lowest BCUT2D eigenvalue weighted by molar-refractivity contribution is -0.121. The van der Waals surface area contributed by atoms with E-state index in [9.17, 15) is 9.18 Å². The van der Waals surface area contributed by atoms with Crippen LogP contribution in [0.3, 0.4) is 0 Å². The van der Waals surface area contributed by atoms with Crippen molar-refractivity contribution in [2.24, 2.45) is 0 Å². The van der Waals surface area contributed by atoms with Gasteiger partial charge >= 0.3 is 0 Å². The highest BCUT2D eigenvalue weighted by Crippen LogP contribution is 2.28. The minimum absolute atomic E-state index is 0.0626. The van der Waals surface area contributed by atoms with Gasteiger partial charge in [-0.15, -0.1) is 0 Å². The van der Waals surface area contributed by atoms with Crippen LogP contribution in [0, 0.1) is 5.82 Å². The Bertz CT molecular complexity index is 1040. The van der Waals surface area contributed by atoms with Crippen LogP contribution in [0.25, 0.3) is 10.8 Å². The summed E-state index contributed by atoms with van der Waals surface area (Å²) >= 11 is 0. The number of fused-ring (bicyclic) bond motifs is 1. The SMILES string of the molecule is CC(NC(=O)Cc1cccc2ccccc12)c1cc(F)ccc1N1CCN(C)CC1. The van der Waals surface area contributed by atoms with Gasteiger partial charge in [0.15, 0.2) is 0 Å². The number of likely N-dealkylation sites (N-methyl/N-ethyl adjacent to an activating group) is 1. The monoisotopic (exact) mass is 405 g/mol. The Morgan fingerprint density at radius 3 is 2.57 bits per heavy atom. The standard InChI is InChI=1S/C25H28FN3O/c1-18(23-17-21(26)10-11-24(23)29-14-12-28(2)13-15-29)27-25(30)16-20-8-5-7-19-6-3-4-9-22(19)20/h3-11,17-18H,12-16H2,1-2H3,(H,27,30). The Morgan fingerprint density at radius 1 is 1.03 bits per heavy atom. The van der Waals surface area contributed by atoms with Crippen molar-refractivity contribution >= 4 is 22.4 Å². The number of anilines is 1. The molecule has 1 amide bonds. The lowest BCUT2D eigenvalue weighted by Crippen LogP contribution is -2.45. The first-order valence-corrected chi connectivity index (χ1v) is 10.5. The van der Waals surface area contributed by atoms with Crippen LogP contribution in [0.4, 0.5) is 10.1 Å². The fourth-order valence-electron chi connectivity index (χ4n) is 4.20. The fraction of sp³-hybridized carbons (Fsp3) is 0.320. The Kier molecular flexibility index (Phi) is 6.00.